The zero-order valence-corrected chi connectivity index (χ0v) is 12.2. The van der Waals surface area contributed by atoms with Crippen LogP contribution in [-0.2, 0) is 17.4 Å². The van der Waals surface area contributed by atoms with Crippen molar-refractivity contribution in [1.82, 2.24) is 10.3 Å². The molecule has 0 aliphatic heterocycles. The van der Waals surface area contributed by atoms with Crippen LogP contribution in [0.15, 0.2) is 48.7 Å². The molecule has 1 aromatic heterocycles. The number of aliphatic carboxylic acids is 1. The Hall–Kier alpha value is -2.90. The summed E-state index contributed by atoms with van der Waals surface area (Å²) in [5.74, 6) is -2.05. The van der Waals surface area contributed by atoms with Gasteiger partial charge in [0.05, 0.1) is 5.56 Å². The monoisotopic (exact) mass is 338 g/mol. The lowest BCUT2D eigenvalue weighted by Gasteiger charge is -2.15. The van der Waals surface area contributed by atoms with Gasteiger partial charge in [-0.05, 0) is 17.7 Å². The lowest BCUT2D eigenvalue weighted by Crippen LogP contribution is -2.42. The second kappa shape index (κ2) is 7.12. The molecule has 1 amide bonds. The average molecular weight is 338 g/mol. The number of aromatic nitrogens is 1. The molecule has 0 bridgehead atoms. The Kier molecular flexibility index (Phi) is 5.18. The fraction of sp³-hybridized carbons (Fsp3) is 0.188. The molecule has 0 aliphatic carbocycles. The van der Waals surface area contributed by atoms with Crippen LogP contribution in [0, 0.1) is 0 Å². The molecule has 0 radical (unpaired) electrons. The molecule has 2 N–H and O–H groups in total. The number of carbonyl (C=O) groups excluding carboxylic acids is 1. The van der Waals surface area contributed by atoms with Crippen LogP contribution in [0.2, 0.25) is 0 Å². The van der Waals surface area contributed by atoms with E-state index in [9.17, 15) is 27.9 Å². The molecule has 1 heterocycles. The first-order valence-corrected chi connectivity index (χ1v) is 6.88. The fourth-order valence-electron chi connectivity index (χ4n) is 1.99. The number of nitrogens with one attached hydrogen (secondary N) is 1. The van der Waals surface area contributed by atoms with Crippen molar-refractivity contribution in [2.75, 3.05) is 0 Å². The van der Waals surface area contributed by atoms with Gasteiger partial charge in [-0.2, -0.15) is 13.2 Å². The predicted octanol–water partition coefficient (Wildman–Crippen LogP) is 2.53. The Balaban J connectivity index is 2.09. The number of carbonyl (C=O) groups is 2. The van der Waals surface area contributed by atoms with Crippen molar-refractivity contribution in [2.45, 2.75) is 18.6 Å². The summed E-state index contributed by atoms with van der Waals surface area (Å²) >= 11 is 0. The molecule has 5 nitrogen and oxygen atoms in total. The minimum Gasteiger partial charge on any atom is -0.480 e. The van der Waals surface area contributed by atoms with Gasteiger partial charge in [0.2, 0.25) is 0 Å². The van der Waals surface area contributed by atoms with Gasteiger partial charge in [-0.3, -0.25) is 9.78 Å². The highest BCUT2D eigenvalue weighted by Gasteiger charge is 2.32. The quantitative estimate of drug-likeness (QED) is 0.878. The largest absolute Gasteiger partial charge is 0.480 e. The van der Waals surface area contributed by atoms with E-state index in [4.69, 9.17) is 0 Å². The van der Waals surface area contributed by atoms with Crippen molar-refractivity contribution < 1.29 is 27.9 Å². The molecule has 0 aliphatic rings. The molecule has 0 saturated carbocycles. The first kappa shape index (κ1) is 17.5. The Morgan fingerprint density at radius 2 is 1.79 bits per heavy atom. The summed E-state index contributed by atoms with van der Waals surface area (Å²) in [6.45, 7) is 0. The molecule has 0 saturated heterocycles. The van der Waals surface area contributed by atoms with E-state index in [0.29, 0.717) is 11.6 Å². The van der Waals surface area contributed by atoms with Gasteiger partial charge in [0.15, 0.2) is 0 Å². The molecule has 0 unspecified atom stereocenters. The van der Waals surface area contributed by atoms with Gasteiger partial charge in [0.25, 0.3) is 5.91 Å². The van der Waals surface area contributed by atoms with E-state index in [-0.39, 0.29) is 12.0 Å². The zero-order chi connectivity index (χ0) is 17.7. The molecule has 0 spiro atoms. The Morgan fingerprint density at radius 1 is 1.12 bits per heavy atom. The van der Waals surface area contributed by atoms with Crippen LogP contribution in [0.3, 0.4) is 0 Å². The molecule has 2 rings (SSSR count). The highest BCUT2D eigenvalue weighted by Crippen LogP contribution is 2.27. The van der Waals surface area contributed by atoms with Crippen molar-refractivity contribution in [3.63, 3.8) is 0 Å². The summed E-state index contributed by atoms with van der Waals surface area (Å²) in [5.41, 5.74) is -0.573. The zero-order valence-electron chi connectivity index (χ0n) is 12.2. The Morgan fingerprint density at radius 3 is 2.29 bits per heavy atom. The predicted molar refractivity (Wildman–Crippen MR) is 78.3 cm³/mol. The lowest BCUT2D eigenvalue weighted by molar-refractivity contribution is -0.141. The van der Waals surface area contributed by atoms with Crippen molar-refractivity contribution in [3.05, 3.63) is 65.5 Å². The first-order chi connectivity index (χ1) is 11.3. The summed E-state index contributed by atoms with van der Waals surface area (Å²) in [7, 11) is 0. The van der Waals surface area contributed by atoms with E-state index in [2.05, 4.69) is 10.3 Å². The first-order valence-electron chi connectivity index (χ1n) is 6.88. The number of alkyl halides is 3. The van der Waals surface area contributed by atoms with Crippen LogP contribution < -0.4 is 5.32 Å². The number of benzene rings is 1. The van der Waals surface area contributed by atoms with Gasteiger partial charge in [-0.15, -0.1) is 0 Å². The molecule has 1 aromatic carbocycles. The maximum Gasteiger partial charge on any atom is 0.433 e. The van der Waals surface area contributed by atoms with Crippen molar-refractivity contribution in [2.24, 2.45) is 0 Å². The lowest BCUT2D eigenvalue weighted by atomic mass is 10.1. The second-order valence-electron chi connectivity index (χ2n) is 4.98. The highest BCUT2D eigenvalue weighted by molar-refractivity contribution is 5.96. The number of amides is 1. The van der Waals surface area contributed by atoms with E-state index in [1.165, 1.54) is 0 Å². The normalized spacial score (nSPS) is 12.5. The van der Waals surface area contributed by atoms with Crippen LogP contribution in [0.1, 0.15) is 21.6 Å². The minimum absolute atomic E-state index is 0.0516. The van der Waals surface area contributed by atoms with Gasteiger partial charge in [-0.25, -0.2) is 4.79 Å². The molecule has 8 heteroatoms. The standard InChI is InChI=1S/C16H13F3N2O3/c17-16(18,19)13-7-6-11(9-20-13)14(22)21-12(15(23)24)8-10-4-2-1-3-5-10/h1-7,9,12H,8H2,(H,21,22)(H,23,24)/t12-/m1/s1. The maximum absolute atomic E-state index is 12.4. The number of carboxylic acids is 1. The second-order valence-corrected chi connectivity index (χ2v) is 4.98. The SMILES string of the molecule is O=C(N[C@H](Cc1ccccc1)C(=O)O)c1ccc(C(F)(F)F)nc1. The van der Waals surface area contributed by atoms with Crippen LogP contribution in [0.25, 0.3) is 0 Å². The van der Waals surface area contributed by atoms with Crippen LogP contribution in [-0.4, -0.2) is 28.0 Å². The summed E-state index contributed by atoms with van der Waals surface area (Å²) in [5, 5.41) is 11.5. The smallest absolute Gasteiger partial charge is 0.433 e. The molecule has 0 fully saturated rings. The summed E-state index contributed by atoms with van der Waals surface area (Å²) in [4.78, 5) is 26.5. The third kappa shape index (κ3) is 4.55. The Bertz CT molecular complexity index is 716. The van der Waals surface area contributed by atoms with E-state index >= 15 is 0 Å². The van der Waals surface area contributed by atoms with Gasteiger partial charge in [-0.1, -0.05) is 30.3 Å². The van der Waals surface area contributed by atoms with E-state index in [0.717, 1.165) is 12.3 Å². The van der Waals surface area contributed by atoms with E-state index in [1.807, 2.05) is 0 Å². The minimum atomic E-state index is -4.61. The van der Waals surface area contributed by atoms with Gasteiger partial charge < -0.3 is 10.4 Å². The van der Waals surface area contributed by atoms with Crippen LogP contribution in [0.5, 0.6) is 0 Å². The number of hydrogen-bond acceptors (Lipinski definition) is 3. The summed E-state index contributed by atoms with van der Waals surface area (Å²) < 4.78 is 37.3. The van der Waals surface area contributed by atoms with Gasteiger partial charge in [0, 0.05) is 12.6 Å². The van der Waals surface area contributed by atoms with Gasteiger partial charge >= 0.3 is 12.1 Å². The summed E-state index contributed by atoms with van der Waals surface area (Å²) in [6.07, 6.45) is -3.79. The number of halogens is 3. The molecular formula is C16H13F3N2O3. The van der Waals surface area contributed by atoms with E-state index in [1.54, 1.807) is 30.3 Å². The van der Waals surface area contributed by atoms with Crippen molar-refractivity contribution in [1.29, 1.82) is 0 Å². The highest BCUT2D eigenvalue weighted by atomic mass is 19.4. The third-order valence-electron chi connectivity index (χ3n) is 3.20. The average Bonchev–Trinajstić information content (AvgIpc) is 2.54. The topological polar surface area (TPSA) is 79.3 Å². The molecular weight excluding hydrogens is 325 g/mol. The number of hydrogen-bond donors (Lipinski definition) is 2. The fourth-order valence-corrected chi connectivity index (χ4v) is 1.99. The molecule has 24 heavy (non-hydrogen) atoms. The van der Waals surface area contributed by atoms with Crippen molar-refractivity contribution in [3.8, 4) is 0 Å². The van der Waals surface area contributed by atoms with Crippen LogP contribution in [0.4, 0.5) is 13.2 Å². The number of carboxylic acid groups (broad SMARTS) is 1. The van der Waals surface area contributed by atoms with E-state index < -0.39 is 29.8 Å². The third-order valence-corrected chi connectivity index (χ3v) is 3.20. The molecule has 2 aromatic rings. The number of nitrogens with zero attached hydrogens (tertiary/aromatic N) is 1. The van der Waals surface area contributed by atoms with Crippen molar-refractivity contribution >= 4 is 11.9 Å². The number of pyridine rings is 1. The van der Waals surface area contributed by atoms with Crippen LogP contribution >= 0.6 is 0 Å². The summed E-state index contributed by atoms with van der Waals surface area (Å²) in [6, 6.07) is 9.07. The molecule has 1 atom stereocenters. The maximum atomic E-state index is 12.4. The number of rotatable bonds is 5. The Labute approximate surface area is 135 Å². The van der Waals surface area contributed by atoms with Gasteiger partial charge in [0.1, 0.15) is 11.7 Å². The molecule has 126 valence electrons.